The van der Waals surface area contributed by atoms with Crippen LogP contribution >= 0.6 is 0 Å². The number of rotatable bonds is 7. The van der Waals surface area contributed by atoms with Gasteiger partial charge in [-0.1, -0.05) is 26.7 Å². The summed E-state index contributed by atoms with van der Waals surface area (Å²) < 4.78 is 0. The Hall–Kier alpha value is -0.570. The van der Waals surface area contributed by atoms with Crippen LogP contribution in [0.3, 0.4) is 0 Å². The average Bonchev–Trinajstić information content (AvgIpc) is 2.16. The molecule has 0 heterocycles. The highest BCUT2D eigenvalue weighted by atomic mass is 16.4. The number of hydrogen-bond donors (Lipinski definition) is 1. The monoisotopic (exact) mass is 201 g/mol. The fraction of sp³-hybridized carbons (Fsp3) is 0.909. The number of aliphatic carboxylic acids is 1. The van der Waals surface area contributed by atoms with Crippen LogP contribution in [0.2, 0.25) is 0 Å². The Morgan fingerprint density at radius 1 is 1.36 bits per heavy atom. The molecule has 0 aliphatic heterocycles. The first-order valence-corrected chi connectivity index (χ1v) is 5.43. The van der Waals surface area contributed by atoms with E-state index in [2.05, 4.69) is 6.92 Å². The van der Waals surface area contributed by atoms with Crippen molar-refractivity contribution in [2.75, 3.05) is 13.6 Å². The zero-order chi connectivity index (χ0) is 11.2. The van der Waals surface area contributed by atoms with E-state index in [1.54, 1.807) is 6.92 Å². The summed E-state index contributed by atoms with van der Waals surface area (Å²) >= 11 is 0. The highest BCUT2D eigenvalue weighted by Crippen LogP contribution is 2.18. The standard InChI is InChI=1S/C11H23NO2/c1-5-7-8-9-12(4)11(3,6-2)10(13)14/h5-9H2,1-4H3,(H,13,14). The molecule has 0 rings (SSSR count). The van der Waals surface area contributed by atoms with Gasteiger partial charge in [-0.05, 0) is 33.4 Å². The molecule has 0 saturated heterocycles. The molecule has 0 bridgehead atoms. The second-order valence-electron chi connectivity index (χ2n) is 4.06. The Labute approximate surface area is 87.1 Å². The largest absolute Gasteiger partial charge is 0.480 e. The summed E-state index contributed by atoms with van der Waals surface area (Å²) in [6.45, 7) is 6.73. The van der Waals surface area contributed by atoms with Crippen LogP contribution in [-0.4, -0.2) is 35.1 Å². The molecule has 3 heteroatoms. The first kappa shape index (κ1) is 13.4. The molecule has 1 unspecified atom stereocenters. The highest BCUT2D eigenvalue weighted by molar-refractivity contribution is 5.78. The summed E-state index contributed by atoms with van der Waals surface area (Å²) in [5, 5.41) is 9.12. The van der Waals surface area contributed by atoms with Gasteiger partial charge in [0.2, 0.25) is 0 Å². The van der Waals surface area contributed by atoms with Gasteiger partial charge >= 0.3 is 5.97 Å². The van der Waals surface area contributed by atoms with Crippen LogP contribution in [0.1, 0.15) is 46.5 Å². The Bertz CT molecular complexity index is 182. The van der Waals surface area contributed by atoms with E-state index in [0.717, 1.165) is 13.0 Å². The molecule has 0 aromatic rings. The summed E-state index contributed by atoms with van der Waals surface area (Å²) in [5.41, 5.74) is -0.701. The Kier molecular flexibility index (Phi) is 5.77. The number of likely N-dealkylation sites (N-methyl/N-ethyl adjacent to an activating group) is 1. The van der Waals surface area contributed by atoms with Crippen LogP contribution in [0, 0.1) is 0 Å². The van der Waals surface area contributed by atoms with Crippen molar-refractivity contribution in [3.63, 3.8) is 0 Å². The summed E-state index contributed by atoms with van der Waals surface area (Å²) in [5.74, 6) is -0.723. The minimum Gasteiger partial charge on any atom is -0.480 e. The quantitative estimate of drug-likeness (QED) is 0.643. The molecule has 0 aliphatic carbocycles. The van der Waals surface area contributed by atoms with Crippen molar-refractivity contribution >= 4 is 5.97 Å². The van der Waals surface area contributed by atoms with Crippen LogP contribution in [0.25, 0.3) is 0 Å². The van der Waals surface area contributed by atoms with E-state index in [-0.39, 0.29) is 0 Å². The van der Waals surface area contributed by atoms with Crippen molar-refractivity contribution in [1.82, 2.24) is 4.90 Å². The molecule has 84 valence electrons. The average molecular weight is 201 g/mol. The third-order valence-electron chi connectivity index (χ3n) is 3.09. The number of carbonyl (C=O) groups is 1. The van der Waals surface area contributed by atoms with E-state index in [4.69, 9.17) is 5.11 Å². The minimum absolute atomic E-state index is 0.644. The molecule has 1 N–H and O–H groups in total. The molecule has 0 radical (unpaired) electrons. The predicted octanol–water partition coefficient (Wildman–Crippen LogP) is 2.36. The lowest BCUT2D eigenvalue weighted by Crippen LogP contribution is -2.50. The number of carboxylic acid groups (broad SMARTS) is 1. The summed E-state index contributed by atoms with van der Waals surface area (Å²) in [7, 11) is 1.90. The van der Waals surface area contributed by atoms with Gasteiger partial charge in [-0.2, -0.15) is 0 Å². The van der Waals surface area contributed by atoms with Crippen LogP contribution in [0.4, 0.5) is 0 Å². The first-order valence-electron chi connectivity index (χ1n) is 5.43. The van der Waals surface area contributed by atoms with Gasteiger partial charge < -0.3 is 5.11 Å². The van der Waals surface area contributed by atoms with Crippen LogP contribution in [0.15, 0.2) is 0 Å². The predicted molar refractivity (Wildman–Crippen MR) is 58.5 cm³/mol. The smallest absolute Gasteiger partial charge is 0.323 e. The Morgan fingerprint density at radius 2 is 1.93 bits per heavy atom. The van der Waals surface area contributed by atoms with Crippen molar-refractivity contribution < 1.29 is 9.90 Å². The number of hydrogen-bond acceptors (Lipinski definition) is 2. The van der Waals surface area contributed by atoms with Gasteiger partial charge in [0, 0.05) is 0 Å². The fourth-order valence-corrected chi connectivity index (χ4v) is 1.43. The second kappa shape index (κ2) is 6.02. The van der Waals surface area contributed by atoms with Crippen molar-refractivity contribution in [3.05, 3.63) is 0 Å². The molecule has 0 aromatic carbocycles. The van der Waals surface area contributed by atoms with Crippen molar-refractivity contribution in [1.29, 1.82) is 0 Å². The van der Waals surface area contributed by atoms with Gasteiger partial charge in [-0.25, -0.2) is 0 Å². The molecule has 0 aliphatic rings. The van der Waals surface area contributed by atoms with Crippen molar-refractivity contribution in [3.8, 4) is 0 Å². The molecule has 1 atom stereocenters. The van der Waals surface area contributed by atoms with Gasteiger partial charge in [0.15, 0.2) is 0 Å². The van der Waals surface area contributed by atoms with Gasteiger partial charge in [-0.15, -0.1) is 0 Å². The molecule has 3 nitrogen and oxygen atoms in total. The third-order valence-corrected chi connectivity index (χ3v) is 3.09. The lowest BCUT2D eigenvalue weighted by molar-refractivity contribution is -0.149. The molecule has 14 heavy (non-hydrogen) atoms. The molecular weight excluding hydrogens is 178 g/mol. The normalized spacial score (nSPS) is 15.5. The summed E-state index contributed by atoms with van der Waals surface area (Å²) in [6.07, 6.45) is 4.06. The molecule has 0 spiro atoms. The summed E-state index contributed by atoms with van der Waals surface area (Å²) in [6, 6.07) is 0. The lowest BCUT2D eigenvalue weighted by Gasteiger charge is -2.34. The number of nitrogens with zero attached hydrogens (tertiary/aromatic N) is 1. The Morgan fingerprint density at radius 3 is 2.29 bits per heavy atom. The molecular formula is C11H23NO2. The SMILES string of the molecule is CCCCCN(C)C(C)(CC)C(=O)O. The van der Waals surface area contributed by atoms with E-state index in [1.165, 1.54) is 12.8 Å². The van der Waals surface area contributed by atoms with Gasteiger partial charge in [0.05, 0.1) is 0 Å². The van der Waals surface area contributed by atoms with E-state index in [0.29, 0.717) is 6.42 Å². The van der Waals surface area contributed by atoms with Crippen molar-refractivity contribution in [2.45, 2.75) is 52.0 Å². The first-order chi connectivity index (χ1) is 6.49. The van der Waals surface area contributed by atoms with Crippen LogP contribution < -0.4 is 0 Å². The van der Waals surface area contributed by atoms with Crippen LogP contribution in [-0.2, 0) is 4.79 Å². The van der Waals surface area contributed by atoms with Crippen molar-refractivity contribution in [2.24, 2.45) is 0 Å². The maximum atomic E-state index is 11.1. The lowest BCUT2D eigenvalue weighted by atomic mass is 9.97. The zero-order valence-corrected chi connectivity index (χ0v) is 9.84. The second-order valence-corrected chi connectivity index (χ2v) is 4.06. The van der Waals surface area contributed by atoms with Gasteiger partial charge in [-0.3, -0.25) is 9.69 Å². The summed E-state index contributed by atoms with van der Waals surface area (Å²) in [4.78, 5) is 13.0. The minimum atomic E-state index is -0.723. The molecule has 0 aromatic heterocycles. The maximum absolute atomic E-state index is 11.1. The Balaban J connectivity index is 4.17. The fourth-order valence-electron chi connectivity index (χ4n) is 1.43. The maximum Gasteiger partial charge on any atom is 0.323 e. The molecule has 0 fully saturated rings. The molecule has 0 amide bonds. The topological polar surface area (TPSA) is 40.5 Å². The van der Waals surface area contributed by atoms with E-state index in [9.17, 15) is 4.79 Å². The zero-order valence-electron chi connectivity index (χ0n) is 9.84. The number of carboxylic acids is 1. The van der Waals surface area contributed by atoms with E-state index < -0.39 is 11.5 Å². The van der Waals surface area contributed by atoms with E-state index >= 15 is 0 Å². The van der Waals surface area contributed by atoms with E-state index in [1.807, 2.05) is 18.9 Å². The van der Waals surface area contributed by atoms with Gasteiger partial charge in [0.1, 0.15) is 5.54 Å². The van der Waals surface area contributed by atoms with Gasteiger partial charge in [0.25, 0.3) is 0 Å². The van der Waals surface area contributed by atoms with Crippen LogP contribution in [0.5, 0.6) is 0 Å². The number of unbranched alkanes of at least 4 members (excludes halogenated alkanes) is 2. The highest BCUT2D eigenvalue weighted by Gasteiger charge is 2.34. The molecule has 0 saturated carbocycles. The third kappa shape index (κ3) is 3.29.